The molecule has 0 aliphatic rings. The van der Waals surface area contributed by atoms with Crippen LogP contribution in [0.1, 0.15) is 272 Å². The molecule has 3 N–H and O–H groups in total. The normalized spacial score (nSPS) is 14.8. The Bertz CT molecular complexity index is 2350. The Kier molecular flexibility index (Phi) is 65.3. The van der Waals surface area contributed by atoms with Crippen molar-refractivity contribution >= 4 is 39.5 Å². The Morgan fingerprint density at radius 1 is 0.312 bits per heavy atom. The summed E-state index contributed by atoms with van der Waals surface area (Å²) in [7, 11) is -9.98. The Morgan fingerprint density at radius 3 is 0.969 bits per heavy atom. The molecule has 0 saturated carbocycles. The van der Waals surface area contributed by atoms with E-state index < -0.39 is 97.5 Å². The van der Waals surface area contributed by atoms with Crippen molar-refractivity contribution in [3.05, 3.63) is 134 Å². The molecule has 0 heterocycles. The number of rotatable bonds is 67. The van der Waals surface area contributed by atoms with Gasteiger partial charge >= 0.3 is 39.5 Å². The molecule has 0 bridgehead atoms. The second kappa shape index (κ2) is 68.7. The predicted molar refractivity (Wildman–Crippen MR) is 390 cm³/mol. The van der Waals surface area contributed by atoms with Crippen LogP contribution in [0.25, 0.3) is 0 Å². The van der Waals surface area contributed by atoms with Gasteiger partial charge in [-0.05, 0) is 116 Å². The largest absolute Gasteiger partial charge is 0.472 e. The molecule has 0 aliphatic heterocycles. The van der Waals surface area contributed by atoms with Gasteiger partial charge in [0, 0.05) is 19.3 Å². The summed E-state index contributed by atoms with van der Waals surface area (Å²) < 4.78 is 68.2. The van der Waals surface area contributed by atoms with Crippen molar-refractivity contribution in [1.82, 2.24) is 0 Å². The van der Waals surface area contributed by atoms with Crippen LogP contribution in [-0.4, -0.2) is 96.7 Å². The van der Waals surface area contributed by atoms with Crippen molar-refractivity contribution < 1.29 is 80.2 Å². The van der Waals surface area contributed by atoms with Crippen LogP contribution in [0.2, 0.25) is 0 Å². The van der Waals surface area contributed by atoms with E-state index in [1.807, 2.05) is 18.2 Å². The minimum absolute atomic E-state index is 0.0679. The van der Waals surface area contributed by atoms with Crippen molar-refractivity contribution in [2.45, 2.75) is 290 Å². The topological polar surface area (TPSA) is 237 Å². The van der Waals surface area contributed by atoms with E-state index in [4.69, 9.17) is 37.0 Å². The highest BCUT2D eigenvalue weighted by molar-refractivity contribution is 7.47. The van der Waals surface area contributed by atoms with Crippen LogP contribution in [0.15, 0.2) is 134 Å². The maximum absolute atomic E-state index is 13.0. The van der Waals surface area contributed by atoms with E-state index in [0.29, 0.717) is 25.7 Å². The molecule has 0 aromatic heterocycles. The van der Waals surface area contributed by atoms with Crippen LogP contribution in [0, 0.1) is 0 Å². The lowest BCUT2D eigenvalue weighted by molar-refractivity contribution is -0.161. The summed E-state index contributed by atoms with van der Waals surface area (Å²) in [6.07, 6.45) is 74.9. The number of unbranched alkanes of at least 4 members (excludes halogenated alkanes) is 20. The third kappa shape index (κ3) is 67.8. The van der Waals surface area contributed by atoms with Crippen molar-refractivity contribution in [2.24, 2.45) is 0 Å². The van der Waals surface area contributed by atoms with Gasteiger partial charge in [0.15, 0.2) is 12.2 Å². The van der Waals surface area contributed by atoms with E-state index in [1.165, 1.54) is 38.5 Å². The van der Waals surface area contributed by atoms with E-state index in [2.05, 4.69) is 137 Å². The van der Waals surface area contributed by atoms with E-state index in [0.717, 1.165) is 154 Å². The zero-order chi connectivity index (χ0) is 70.4. The number of hydrogen-bond donors (Lipinski definition) is 3. The molecule has 0 saturated heterocycles. The fourth-order valence-electron chi connectivity index (χ4n) is 9.14. The summed E-state index contributed by atoms with van der Waals surface area (Å²) in [6, 6.07) is 0. The number of carbonyl (C=O) groups excluding carboxylic acids is 4. The molecule has 0 amide bonds. The molecule has 0 aromatic rings. The van der Waals surface area contributed by atoms with E-state index in [1.54, 1.807) is 6.08 Å². The number of ether oxygens (including phenoxy) is 4. The lowest BCUT2D eigenvalue weighted by Crippen LogP contribution is -2.30. The second-order valence-corrected chi connectivity index (χ2v) is 26.7. The highest BCUT2D eigenvalue weighted by Gasteiger charge is 2.30. The third-order valence-electron chi connectivity index (χ3n) is 14.6. The number of allylic oxidation sites excluding steroid dienone is 21. The lowest BCUT2D eigenvalue weighted by Gasteiger charge is -2.21. The molecular weight excluding hydrogens is 1260 g/mol. The van der Waals surface area contributed by atoms with Gasteiger partial charge in [0.05, 0.1) is 32.8 Å². The fraction of sp³-hybridized carbons (Fsp3) is 0.662. The summed E-state index contributed by atoms with van der Waals surface area (Å²) in [5.74, 6) is -2.37. The Balaban J connectivity index is 5.41. The lowest BCUT2D eigenvalue weighted by atomic mass is 10.1. The molecular formula is C77H128O17P2. The summed E-state index contributed by atoms with van der Waals surface area (Å²) in [4.78, 5) is 72.6. The summed E-state index contributed by atoms with van der Waals surface area (Å²) >= 11 is 0. The minimum Gasteiger partial charge on any atom is -0.462 e. The van der Waals surface area contributed by atoms with Crippen LogP contribution >= 0.6 is 15.6 Å². The standard InChI is InChI=1S/C77H128O17P2/c1-5-9-13-17-21-25-29-32-34-35-37-40-43-46-50-54-58-62-75(80)88-68-73(94-77(82)64-60-56-52-48-44-38-31-27-23-19-15-11-7-3)70-92-96(85,86)90-66-71(78)65-89-95(83,84)91-69-72(93-76(81)63-59-55-51-47-41-28-24-20-16-12-8-4)67-87-74(79)61-57-53-49-45-42-39-36-33-30-26-22-18-14-10-6-2/h9-10,13-15,19,21-22,25-27,31-34,36-37,40,42,45,53,57,71-73,78H,5-8,11-12,16-18,20,23-24,28-30,35,38-39,41,43-44,46-52,54-56,58-70H2,1-4H3,(H,83,84)(H,85,86)/b13-9-,14-10-,19-15-,25-21-,26-22-,31-27-,34-32-,36-33-,40-37-,45-42-,57-53-. The first-order valence-corrected chi connectivity index (χ1v) is 39.4. The predicted octanol–water partition coefficient (Wildman–Crippen LogP) is 20.5. The number of aliphatic hydroxyl groups excluding tert-OH is 1. The zero-order valence-electron chi connectivity index (χ0n) is 59.5. The molecule has 548 valence electrons. The van der Waals surface area contributed by atoms with Crippen LogP contribution < -0.4 is 0 Å². The van der Waals surface area contributed by atoms with Crippen molar-refractivity contribution in [3.8, 4) is 0 Å². The van der Waals surface area contributed by atoms with Crippen LogP contribution in [0.3, 0.4) is 0 Å². The summed E-state index contributed by atoms with van der Waals surface area (Å²) in [5, 5.41) is 10.6. The van der Waals surface area contributed by atoms with Crippen LogP contribution in [0.5, 0.6) is 0 Å². The van der Waals surface area contributed by atoms with Crippen molar-refractivity contribution in [3.63, 3.8) is 0 Å². The molecule has 5 atom stereocenters. The first-order chi connectivity index (χ1) is 46.7. The van der Waals surface area contributed by atoms with Gasteiger partial charge in [0.2, 0.25) is 0 Å². The first kappa shape index (κ1) is 91.2. The first-order valence-electron chi connectivity index (χ1n) is 36.4. The van der Waals surface area contributed by atoms with E-state index in [-0.39, 0.29) is 25.7 Å². The Hall–Kier alpha value is -4.80. The number of esters is 4. The average molecular weight is 1390 g/mol. The molecule has 5 unspecified atom stereocenters. The number of phosphoric ester groups is 2. The number of phosphoric acid groups is 2. The zero-order valence-corrected chi connectivity index (χ0v) is 61.3. The number of hydrogen-bond acceptors (Lipinski definition) is 15. The van der Waals surface area contributed by atoms with Crippen LogP contribution in [-0.2, 0) is 65.4 Å². The summed E-state index contributed by atoms with van der Waals surface area (Å²) in [5.41, 5.74) is 0. The Morgan fingerprint density at radius 2 is 0.604 bits per heavy atom. The van der Waals surface area contributed by atoms with Crippen molar-refractivity contribution in [1.29, 1.82) is 0 Å². The van der Waals surface area contributed by atoms with E-state index in [9.17, 15) is 43.2 Å². The van der Waals surface area contributed by atoms with Gasteiger partial charge in [0.1, 0.15) is 19.3 Å². The van der Waals surface area contributed by atoms with Gasteiger partial charge in [0.25, 0.3) is 0 Å². The maximum atomic E-state index is 13.0. The smallest absolute Gasteiger partial charge is 0.462 e. The Labute approximate surface area is 580 Å². The van der Waals surface area contributed by atoms with Crippen LogP contribution in [0.4, 0.5) is 0 Å². The SMILES string of the molecule is CC/C=C\C/C=C\C/C=C\C/C=C\C/C=C\CC(=O)OCC(COP(=O)(O)OCC(O)COP(=O)(O)OCC(COC(=O)CCCCCC/C=C\C/C=C\C/C=C\C/C=C\CC)OC(=O)CCCCCCC/C=C\C/C=C\CCC)OC(=O)CCCCCCCCCCCCC. The van der Waals surface area contributed by atoms with Crippen molar-refractivity contribution in [2.75, 3.05) is 39.6 Å². The molecule has 0 radical (unpaired) electrons. The average Bonchev–Trinajstić information content (AvgIpc) is 1.10. The molecule has 19 heteroatoms. The molecule has 17 nitrogen and oxygen atoms in total. The highest BCUT2D eigenvalue weighted by Crippen LogP contribution is 2.45. The summed E-state index contributed by atoms with van der Waals surface area (Å²) in [6.45, 7) is 4.39. The second-order valence-electron chi connectivity index (χ2n) is 23.8. The van der Waals surface area contributed by atoms with Gasteiger partial charge in [-0.2, -0.15) is 0 Å². The molecule has 0 spiro atoms. The van der Waals surface area contributed by atoms with Gasteiger partial charge in [-0.3, -0.25) is 37.3 Å². The van der Waals surface area contributed by atoms with Gasteiger partial charge in [-0.1, -0.05) is 264 Å². The van der Waals surface area contributed by atoms with Gasteiger partial charge in [-0.15, -0.1) is 0 Å². The molecule has 0 fully saturated rings. The number of aliphatic hydroxyl groups is 1. The monoisotopic (exact) mass is 1390 g/mol. The number of carbonyl (C=O) groups is 4. The van der Waals surface area contributed by atoms with E-state index >= 15 is 0 Å². The molecule has 0 rings (SSSR count). The molecule has 0 aliphatic carbocycles. The highest BCUT2D eigenvalue weighted by atomic mass is 31.2. The van der Waals surface area contributed by atoms with Gasteiger partial charge in [-0.25, -0.2) is 9.13 Å². The quantitative estimate of drug-likeness (QED) is 0.0169. The minimum atomic E-state index is -4.99. The fourth-order valence-corrected chi connectivity index (χ4v) is 10.7. The molecule has 0 aromatic carbocycles. The van der Waals surface area contributed by atoms with Gasteiger partial charge < -0.3 is 33.8 Å². The molecule has 96 heavy (non-hydrogen) atoms. The third-order valence-corrected chi connectivity index (χ3v) is 16.5. The maximum Gasteiger partial charge on any atom is 0.472 e.